The highest BCUT2D eigenvalue weighted by atomic mass is 28.3. The number of likely N-dealkylation sites (tertiary alicyclic amines) is 2. The maximum absolute atomic E-state index is 13.6. The van der Waals surface area contributed by atoms with Crippen LogP contribution in [0.15, 0.2) is 73.3 Å². The van der Waals surface area contributed by atoms with E-state index in [1.165, 1.54) is 52.7 Å². The number of fused-ring (bicyclic) bond motifs is 2. The Balaban J connectivity index is 0.000000212. The summed E-state index contributed by atoms with van der Waals surface area (Å²) in [5.41, 5.74) is 15.0. The van der Waals surface area contributed by atoms with Gasteiger partial charge in [-0.05, 0) is 54.3 Å². The van der Waals surface area contributed by atoms with Crippen molar-refractivity contribution in [1.29, 1.82) is 0 Å². The Morgan fingerprint density at radius 2 is 1.21 bits per heavy atom. The third kappa shape index (κ3) is 11.6. The number of benzene rings is 2. The zero-order chi connectivity index (χ0) is 50.4. The zero-order valence-corrected chi connectivity index (χ0v) is 41.2. The average molecular weight is 983 g/mol. The minimum atomic E-state index is -1.26. The number of methoxy groups -OCH3 is 2. The van der Waals surface area contributed by atoms with Crippen LogP contribution in [0.3, 0.4) is 0 Å². The highest BCUT2D eigenvalue weighted by molar-refractivity contribution is 6.76. The summed E-state index contributed by atoms with van der Waals surface area (Å²) in [6.07, 6.45) is 6.64. The van der Waals surface area contributed by atoms with Crippen LogP contribution in [0.25, 0.3) is 21.8 Å². The Kier molecular flexibility index (Phi) is 15.9. The van der Waals surface area contributed by atoms with Crippen LogP contribution in [-0.2, 0) is 40.1 Å². The van der Waals surface area contributed by atoms with E-state index >= 15 is 0 Å². The fourth-order valence-electron chi connectivity index (χ4n) is 8.88. The molecular formula is C48H60F2N12O7Si. The van der Waals surface area contributed by atoms with E-state index in [2.05, 4.69) is 55.5 Å². The number of carbonyl (C=O) groups is 4. The lowest BCUT2D eigenvalue weighted by atomic mass is 9.87. The first-order valence-corrected chi connectivity index (χ1v) is 26.6. The molecule has 0 bridgehead atoms. The van der Waals surface area contributed by atoms with Gasteiger partial charge in [0, 0.05) is 53.8 Å². The molecule has 372 valence electrons. The third-order valence-electron chi connectivity index (χ3n) is 12.9. The van der Waals surface area contributed by atoms with Crippen molar-refractivity contribution in [2.75, 3.05) is 56.0 Å². The van der Waals surface area contributed by atoms with E-state index < -0.39 is 43.8 Å². The number of rotatable bonds is 11. The molecule has 6 aromatic rings. The largest absolute Gasteiger partial charge is 0.383 e. The van der Waals surface area contributed by atoms with E-state index in [0.29, 0.717) is 65.7 Å². The van der Waals surface area contributed by atoms with Gasteiger partial charge in [0.25, 0.3) is 0 Å². The number of aromatic nitrogens is 6. The van der Waals surface area contributed by atoms with Crippen molar-refractivity contribution in [2.24, 2.45) is 11.8 Å². The Bertz CT molecular complexity index is 2820. The number of anilines is 4. The lowest BCUT2D eigenvalue weighted by Crippen LogP contribution is -2.50. The van der Waals surface area contributed by atoms with Crippen molar-refractivity contribution >= 4 is 76.5 Å². The number of amides is 4. The lowest BCUT2D eigenvalue weighted by Gasteiger charge is -2.42. The van der Waals surface area contributed by atoms with Gasteiger partial charge in [-0.25, -0.2) is 23.4 Å². The number of halogens is 2. The van der Waals surface area contributed by atoms with E-state index in [4.69, 9.17) is 25.7 Å². The SMILES string of the molecule is COC1CC(c2ccc(F)cc2)N(C(=O)C(=O)Nc2cnc(N)c3cn[nH]c23)CC1C.COC1C[C@H](c2ccc(F)cc2)N(C(=O)C(=O)Nc2cnc(N)c3cnn(COCC[Si](C)(C)C)c23)C[C@H]1C. The van der Waals surface area contributed by atoms with Crippen LogP contribution in [0.1, 0.15) is 49.9 Å². The third-order valence-corrected chi connectivity index (χ3v) is 14.6. The molecule has 2 aliphatic rings. The molecule has 2 aromatic carbocycles. The first-order valence-electron chi connectivity index (χ1n) is 22.9. The molecule has 0 saturated carbocycles. The quantitative estimate of drug-likeness (QED) is 0.0546. The Morgan fingerprint density at radius 3 is 1.71 bits per heavy atom. The van der Waals surface area contributed by atoms with Gasteiger partial charge in [0.15, 0.2) is 0 Å². The first-order chi connectivity index (χ1) is 33.4. The molecule has 6 heterocycles. The predicted molar refractivity (Wildman–Crippen MR) is 262 cm³/mol. The number of nitrogen functional groups attached to an aromatic ring is 2. The monoisotopic (exact) mass is 982 g/mol. The highest BCUT2D eigenvalue weighted by Crippen LogP contribution is 2.37. The first kappa shape index (κ1) is 51.0. The van der Waals surface area contributed by atoms with E-state index in [1.807, 2.05) is 13.8 Å². The summed E-state index contributed by atoms with van der Waals surface area (Å²) >= 11 is 0. The molecule has 0 radical (unpaired) electrons. The maximum atomic E-state index is 13.6. The molecule has 6 atom stereocenters. The highest BCUT2D eigenvalue weighted by Gasteiger charge is 2.41. The van der Waals surface area contributed by atoms with Crippen LogP contribution >= 0.6 is 0 Å². The van der Waals surface area contributed by atoms with Crippen LogP contribution < -0.4 is 22.1 Å². The summed E-state index contributed by atoms with van der Waals surface area (Å²) in [5.74, 6) is -3.21. The average Bonchev–Trinajstić information content (AvgIpc) is 4.02. The van der Waals surface area contributed by atoms with Gasteiger partial charge in [-0.15, -0.1) is 0 Å². The number of nitrogens with one attached hydrogen (secondary N) is 3. The zero-order valence-electron chi connectivity index (χ0n) is 40.2. The van der Waals surface area contributed by atoms with Gasteiger partial charge in [0.2, 0.25) is 0 Å². The second-order valence-electron chi connectivity index (χ2n) is 19.0. The minimum Gasteiger partial charge on any atom is -0.383 e. The molecule has 4 aromatic heterocycles. The number of nitrogens with zero attached hydrogens (tertiary/aromatic N) is 7. The smallest absolute Gasteiger partial charge is 0.314 e. The summed E-state index contributed by atoms with van der Waals surface area (Å²) in [4.78, 5) is 64.1. The Labute approximate surface area is 404 Å². The number of hydrogen-bond donors (Lipinski definition) is 5. The number of aromatic amines is 1. The van der Waals surface area contributed by atoms with Crippen molar-refractivity contribution in [1.82, 2.24) is 39.7 Å². The molecule has 4 unspecified atom stereocenters. The van der Waals surface area contributed by atoms with Gasteiger partial charge in [0.05, 0.1) is 82.3 Å². The molecule has 22 heteroatoms. The van der Waals surface area contributed by atoms with Gasteiger partial charge < -0.3 is 46.1 Å². The number of piperidine rings is 2. The second kappa shape index (κ2) is 21.8. The molecule has 70 heavy (non-hydrogen) atoms. The molecule has 8 rings (SSSR count). The van der Waals surface area contributed by atoms with Gasteiger partial charge in [-0.2, -0.15) is 10.2 Å². The van der Waals surface area contributed by atoms with Crippen molar-refractivity contribution in [3.63, 3.8) is 0 Å². The van der Waals surface area contributed by atoms with Crippen LogP contribution in [0.5, 0.6) is 0 Å². The fraction of sp³-hybridized carbons (Fsp3) is 0.417. The molecule has 4 amide bonds. The van der Waals surface area contributed by atoms with E-state index in [0.717, 1.165) is 17.2 Å². The van der Waals surface area contributed by atoms with Crippen molar-refractivity contribution in [2.45, 2.75) is 83.4 Å². The number of H-pyrrole nitrogens is 1. The number of ether oxygens (including phenoxy) is 3. The topological polar surface area (TPSA) is 251 Å². The van der Waals surface area contributed by atoms with Gasteiger partial charge in [-0.3, -0.25) is 24.3 Å². The molecular weight excluding hydrogens is 923 g/mol. The van der Waals surface area contributed by atoms with Crippen molar-refractivity contribution in [3.05, 3.63) is 96.1 Å². The molecule has 2 saturated heterocycles. The maximum Gasteiger partial charge on any atom is 0.314 e. The van der Waals surface area contributed by atoms with Gasteiger partial charge in [0.1, 0.15) is 30.0 Å². The Hall–Kier alpha value is -6.88. The summed E-state index contributed by atoms with van der Waals surface area (Å²) in [6.45, 7) is 12.2. The fourth-order valence-corrected chi connectivity index (χ4v) is 9.64. The summed E-state index contributed by atoms with van der Waals surface area (Å²) < 4.78 is 45.7. The minimum absolute atomic E-state index is 0.00286. The van der Waals surface area contributed by atoms with Crippen molar-refractivity contribution < 1.29 is 42.2 Å². The summed E-state index contributed by atoms with van der Waals surface area (Å²) in [7, 11) is 1.99. The lowest BCUT2D eigenvalue weighted by molar-refractivity contribution is -0.149. The standard InChI is InChI=1S/C27H37FN6O4Si.C21H23FN6O3/c1-17-15-33(22(12-23(17)37-2)18-6-8-19(28)9-7-18)27(36)26(35)32-21-14-30-25(29)20-13-31-34(24(20)21)16-38-10-11-39(3,4)5;1-11-10-28(16(7-17(11)31-2)12-3-5-13(22)6-4-12)21(30)20(29)26-15-9-24-19(23)14-8-25-27-18(14)15/h6-9,13-14,17,22-23H,10-12,15-16H2,1-5H3,(H2,29,30)(H,32,35);3-6,8-9,11,16-17H,7,10H2,1-2H3,(H2,23,24)(H,25,27)(H,26,29)/t17-,22-,23?;/m1./s1. The van der Waals surface area contributed by atoms with E-state index in [9.17, 15) is 28.0 Å². The van der Waals surface area contributed by atoms with Crippen LogP contribution in [0.2, 0.25) is 25.7 Å². The van der Waals surface area contributed by atoms with Gasteiger partial charge >= 0.3 is 23.6 Å². The molecule has 0 aliphatic carbocycles. The molecule has 19 nitrogen and oxygen atoms in total. The molecule has 2 fully saturated rings. The van der Waals surface area contributed by atoms with Crippen molar-refractivity contribution in [3.8, 4) is 0 Å². The van der Waals surface area contributed by atoms with Crippen LogP contribution in [-0.4, -0.2) is 118 Å². The van der Waals surface area contributed by atoms with Gasteiger partial charge in [-0.1, -0.05) is 57.8 Å². The van der Waals surface area contributed by atoms with E-state index in [1.54, 1.807) is 49.4 Å². The predicted octanol–water partition coefficient (Wildman–Crippen LogP) is 6.27. The number of hydrogen-bond acceptors (Lipinski definition) is 13. The van der Waals surface area contributed by atoms with Crippen LogP contribution in [0, 0.1) is 23.5 Å². The molecule has 0 spiro atoms. The van der Waals surface area contributed by atoms with Crippen LogP contribution in [0.4, 0.5) is 31.8 Å². The second-order valence-corrected chi connectivity index (χ2v) is 24.6. The number of pyridine rings is 2. The number of nitrogens with two attached hydrogens (primary N) is 2. The normalized spacial score (nSPS) is 20.5. The Morgan fingerprint density at radius 1 is 0.729 bits per heavy atom. The summed E-state index contributed by atoms with van der Waals surface area (Å²) in [5, 5.41) is 17.5. The summed E-state index contributed by atoms with van der Waals surface area (Å²) in [6, 6.07) is 12.0. The van der Waals surface area contributed by atoms with E-state index in [-0.39, 0.29) is 54.0 Å². The molecule has 7 N–H and O–H groups in total. The molecule has 2 aliphatic heterocycles. The number of carbonyl (C=O) groups excluding carboxylic acids is 4.